The van der Waals surface area contributed by atoms with Crippen molar-refractivity contribution < 1.29 is 9.18 Å². The van der Waals surface area contributed by atoms with E-state index in [9.17, 15) is 9.18 Å². The number of hydrogen-bond donors (Lipinski definition) is 0. The highest BCUT2D eigenvalue weighted by molar-refractivity contribution is 5.94. The lowest BCUT2D eigenvalue weighted by molar-refractivity contribution is 0.0746. The predicted octanol–water partition coefficient (Wildman–Crippen LogP) is 3.19. The molecular weight excluding hydrogens is 255 g/mol. The topological polar surface area (TPSA) is 33.2 Å². The monoisotopic (exact) mass is 272 g/mol. The van der Waals surface area contributed by atoms with Gasteiger partial charge in [-0.2, -0.15) is 4.39 Å². The van der Waals surface area contributed by atoms with Crippen molar-refractivity contribution in [2.24, 2.45) is 0 Å². The minimum atomic E-state index is -0.722. The number of pyridine rings is 1. The molecule has 104 valence electrons. The Morgan fingerprint density at radius 2 is 2.00 bits per heavy atom. The number of aromatic nitrogens is 1. The number of carbonyl (C=O) groups is 1. The molecule has 2 rings (SSSR count). The number of aryl methyl sites for hydroxylation is 1. The van der Waals surface area contributed by atoms with Gasteiger partial charge in [-0.05, 0) is 37.1 Å². The number of carbonyl (C=O) groups excluding carboxylic acids is 1. The number of hydrogen-bond acceptors (Lipinski definition) is 2. The van der Waals surface area contributed by atoms with E-state index in [2.05, 4.69) is 4.98 Å². The minimum Gasteiger partial charge on any atom is -0.334 e. The van der Waals surface area contributed by atoms with E-state index < -0.39 is 5.95 Å². The molecule has 1 aromatic heterocycles. The van der Waals surface area contributed by atoms with Crippen LogP contribution in [0.1, 0.15) is 28.4 Å². The van der Waals surface area contributed by atoms with Gasteiger partial charge in [-0.1, -0.05) is 24.3 Å². The van der Waals surface area contributed by atoms with Crippen LogP contribution in [0.3, 0.4) is 0 Å². The molecule has 0 radical (unpaired) electrons. The van der Waals surface area contributed by atoms with E-state index >= 15 is 0 Å². The number of benzene rings is 1. The quantitative estimate of drug-likeness (QED) is 0.801. The highest BCUT2D eigenvalue weighted by Gasteiger charge is 2.19. The van der Waals surface area contributed by atoms with Crippen LogP contribution in [0.15, 0.2) is 42.6 Å². The molecule has 0 aliphatic heterocycles. The van der Waals surface area contributed by atoms with Gasteiger partial charge in [-0.25, -0.2) is 4.98 Å². The van der Waals surface area contributed by atoms with Crippen LogP contribution in [0.5, 0.6) is 0 Å². The van der Waals surface area contributed by atoms with Gasteiger partial charge in [0.15, 0.2) is 0 Å². The fourth-order valence-corrected chi connectivity index (χ4v) is 2.04. The Morgan fingerprint density at radius 3 is 2.65 bits per heavy atom. The average Bonchev–Trinajstić information content (AvgIpc) is 2.46. The first kappa shape index (κ1) is 14.2. The molecule has 3 nitrogen and oxygen atoms in total. The van der Waals surface area contributed by atoms with E-state index in [4.69, 9.17) is 0 Å². The molecule has 0 aliphatic rings. The third-order valence-electron chi connectivity index (χ3n) is 3.28. The minimum absolute atomic E-state index is 0.0166. The maximum atomic E-state index is 13.6. The van der Waals surface area contributed by atoms with Crippen molar-refractivity contribution in [2.45, 2.75) is 20.4 Å². The third kappa shape index (κ3) is 3.02. The smallest absolute Gasteiger partial charge is 0.258 e. The largest absolute Gasteiger partial charge is 0.334 e. The summed E-state index contributed by atoms with van der Waals surface area (Å²) < 4.78 is 13.6. The molecule has 0 N–H and O–H groups in total. The Labute approximate surface area is 118 Å². The predicted molar refractivity (Wildman–Crippen MR) is 75.8 cm³/mol. The second kappa shape index (κ2) is 6.28. The SMILES string of the molecule is CCN(Cc1ccccc1C)C(=O)c1cccnc1F. The second-order valence-corrected chi connectivity index (χ2v) is 4.59. The first-order valence-electron chi connectivity index (χ1n) is 6.57. The zero-order valence-electron chi connectivity index (χ0n) is 11.6. The molecular formula is C16H17FN2O. The highest BCUT2D eigenvalue weighted by Crippen LogP contribution is 2.14. The van der Waals surface area contributed by atoms with Gasteiger partial charge in [-0.15, -0.1) is 0 Å². The van der Waals surface area contributed by atoms with Crippen molar-refractivity contribution >= 4 is 5.91 Å². The molecule has 0 atom stereocenters. The highest BCUT2D eigenvalue weighted by atomic mass is 19.1. The molecule has 0 saturated heterocycles. The molecule has 0 fully saturated rings. The summed E-state index contributed by atoms with van der Waals surface area (Å²) in [5.74, 6) is -1.05. The zero-order chi connectivity index (χ0) is 14.5. The molecule has 0 bridgehead atoms. The second-order valence-electron chi connectivity index (χ2n) is 4.59. The standard InChI is InChI=1S/C16H17FN2O/c1-3-19(11-13-8-5-4-7-12(13)2)16(20)14-9-6-10-18-15(14)17/h4-10H,3,11H2,1-2H3. The Bertz CT molecular complexity index is 613. The van der Waals surface area contributed by atoms with Crippen molar-refractivity contribution in [3.05, 3.63) is 65.2 Å². The van der Waals surface area contributed by atoms with E-state index in [0.29, 0.717) is 13.1 Å². The number of rotatable bonds is 4. The van der Waals surface area contributed by atoms with Crippen LogP contribution in [-0.4, -0.2) is 22.3 Å². The molecule has 1 amide bonds. The number of halogens is 1. The molecule has 2 aromatic rings. The van der Waals surface area contributed by atoms with Crippen molar-refractivity contribution in [1.29, 1.82) is 0 Å². The Morgan fingerprint density at radius 1 is 1.25 bits per heavy atom. The normalized spacial score (nSPS) is 10.3. The van der Waals surface area contributed by atoms with Crippen LogP contribution in [0.2, 0.25) is 0 Å². The summed E-state index contributed by atoms with van der Waals surface area (Å²) in [4.78, 5) is 17.5. The van der Waals surface area contributed by atoms with Gasteiger partial charge in [0.05, 0.1) is 5.56 Å². The Hall–Kier alpha value is -2.23. The van der Waals surface area contributed by atoms with E-state index in [1.165, 1.54) is 12.3 Å². The van der Waals surface area contributed by atoms with Crippen molar-refractivity contribution in [3.63, 3.8) is 0 Å². The molecule has 20 heavy (non-hydrogen) atoms. The summed E-state index contributed by atoms with van der Waals surface area (Å²) >= 11 is 0. The van der Waals surface area contributed by atoms with Crippen molar-refractivity contribution in [2.75, 3.05) is 6.54 Å². The maximum absolute atomic E-state index is 13.6. The first-order chi connectivity index (χ1) is 9.63. The van der Waals surface area contributed by atoms with Gasteiger partial charge in [0.25, 0.3) is 5.91 Å². The van der Waals surface area contributed by atoms with Crippen LogP contribution < -0.4 is 0 Å². The Kier molecular flexibility index (Phi) is 4.45. The fourth-order valence-electron chi connectivity index (χ4n) is 2.04. The van der Waals surface area contributed by atoms with Gasteiger partial charge < -0.3 is 4.90 Å². The van der Waals surface area contributed by atoms with Gasteiger partial charge in [0.2, 0.25) is 5.95 Å². The lowest BCUT2D eigenvalue weighted by atomic mass is 10.1. The lowest BCUT2D eigenvalue weighted by Gasteiger charge is -2.22. The van der Waals surface area contributed by atoms with Crippen LogP contribution in [0, 0.1) is 12.9 Å². The third-order valence-corrected chi connectivity index (χ3v) is 3.28. The van der Waals surface area contributed by atoms with Crippen molar-refractivity contribution in [1.82, 2.24) is 9.88 Å². The molecule has 0 aliphatic carbocycles. The van der Waals surface area contributed by atoms with E-state index in [-0.39, 0.29) is 11.5 Å². The first-order valence-corrected chi connectivity index (χ1v) is 6.57. The zero-order valence-corrected chi connectivity index (χ0v) is 11.6. The molecule has 0 unspecified atom stereocenters. The summed E-state index contributed by atoms with van der Waals surface area (Å²) in [6.07, 6.45) is 1.34. The number of nitrogens with zero attached hydrogens (tertiary/aromatic N) is 2. The summed E-state index contributed by atoms with van der Waals surface area (Å²) in [5, 5.41) is 0. The molecule has 1 aromatic carbocycles. The molecule has 0 saturated carbocycles. The summed E-state index contributed by atoms with van der Waals surface area (Å²) in [6.45, 7) is 4.86. The van der Waals surface area contributed by atoms with E-state index in [0.717, 1.165) is 11.1 Å². The summed E-state index contributed by atoms with van der Waals surface area (Å²) in [6, 6.07) is 10.9. The van der Waals surface area contributed by atoms with E-state index in [1.807, 2.05) is 38.1 Å². The molecule has 4 heteroatoms. The summed E-state index contributed by atoms with van der Waals surface area (Å²) in [5.41, 5.74) is 2.19. The van der Waals surface area contributed by atoms with Gasteiger partial charge in [-0.3, -0.25) is 4.79 Å². The van der Waals surface area contributed by atoms with Crippen LogP contribution >= 0.6 is 0 Å². The number of amides is 1. The fraction of sp³-hybridized carbons (Fsp3) is 0.250. The van der Waals surface area contributed by atoms with Gasteiger partial charge in [0.1, 0.15) is 0 Å². The summed E-state index contributed by atoms with van der Waals surface area (Å²) in [7, 11) is 0. The van der Waals surface area contributed by atoms with Crippen LogP contribution in [0.25, 0.3) is 0 Å². The maximum Gasteiger partial charge on any atom is 0.258 e. The van der Waals surface area contributed by atoms with Crippen LogP contribution in [-0.2, 0) is 6.54 Å². The van der Waals surface area contributed by atoms with Crippen LogP contribution in [0.4, 0.5) is 4.39 Å². The van der Waals surface area contributed by atoms with Gasteiger partial charge >= 0.3 is 0 Å². The Balaban J connectivity index is 2.23. The van der Waals surface area contributed by atoms with Crippen molar-refractivity contribution in [3.8, 4) is 0 Å². The van der Waals surface area contributed by atoms with E-state index in [1.54, 1.807) is 11.0 Å². The molecule has 1 heterocycles. The lowest BCUT2D eigenvalue weighted by Crippen LogP contribution is -2.31. The average molecular weight is 272 g/mol. The van der Waals surface area contributed by atoms with Gasteiger partial charge in [0, 0.05) is 19.3 Å². The molecule has 0 spiro atoms.